The molecule has 1 aliphatic carbocycles. The van der Waals surface area contributed by atoms with Crippen LogP contribution in [0.5, 0.6) is 0 Å². The van der Waals surface area contributed by atoms with Crippen LogP contribution in [-0.4, -0.2) is 48.9 Å². The zero-order chi connectivity index (χ0) is 20.6. The van der Waals surface area contributed by atoms with E-state index < -0.39 is 0 Å². The number of amides is 1. The van der Waals surface area contributed by atoms with Gasteiger partial charge in [-0.1, -0.05) is 47.3 Å². The van der Waals surface area contributed by atoms with Crippen molar-refractivity contribution in [1.82, 2.24) is 15.1 Å². The van der Waals surface area contributed by atoms with Crippen molar-refractivity contribution in [2.24, 2.45) is 0 Å². The summed E-state index contributed by atoms with van der Waals surface area (Å²) in [6.07, 6.45) is 6.38. The van der Waals surface area contributed by atoms with Gasteiger partial charge in [0.2, 0.25) is 0 Å². The summed E-state index contributed by atoms with van der Waals surface area (Å²) in [6, 6.07) is 12.8. The fourth-order valence-electron chi connectivity index (χ4n) is 3.85. The number of benzene rings is 1. The van der Waals surface area contributed by atoms with Crippen molar-refractivity contribution in [3.8, 4) is 0 Å². The van der Waals surface area contributed by atoms with Crippen LogP contribution in [0.2, 0.25) is 0 Å². The molecule has 0 unspecified atom stereocenters. The largest absolute Gasteiger partial charge is 0.455 e. The molecule has 1 aliphatic rings. The Kier molecular flexibility index (Phi) is 8.33. The third-order valence-corrected chi connectivity index (χ3v) is 6.01. The molecule has 0 bridgehead atoms. The molecule has 1 N–H and O–H groups in total. The fourth-order valence-corrected chi connectivity index (χ4v) is 4.11. The molecule has 1 aromatic carbocycles. The maximum atomic E-state index is 12.3. The van der Waals surface area contributed by atoms with E-state index in [0.29, 0.717) is 18.3 Å². The summed E-state index contributed by atoms with van der Waals surface area (Å²) in [5, 5.41) is 2.91. The van der Waals surface area contributed by atoms with Crippen LogP contribution in [0, 0.1) is 0 Å². The number of furan rings is 1. The SMILES string of the molecule is CN(C)CCNC(=O)c1ccc(CN(Cc2ccc(Br)cc2)C2CCCCC2)o1. The normalized spacial score (nSPS) is 15.2. The van der Waals surface area contributed by atoms with Gasteiger partial charge >= 0.3 is 0 Å². The molecule has 3 rings (SSSR count). The molecule has 1 saturated carbocycles. The van der Waals surface area contributed by atoms with Crippen molar-refractivity contribution < 1.29 is 9.21 Å². The van der Waals surface area contributed by atoms with Gasteiger partial charge in [-0.3, -0.25) is 9.69 Å². The maximum absolute atomic E-state index is 12.3. The van der Waals surface area contributed by atoms with E-state index in [1.807, 2.05) is 25.1 Å². The Bertz CT molecular complexity index is 767. The quantitative estimate of drug-likeness (QED) is 0.589. The van der Waals surface area contributed by atoms with E-state index in [1.54, 1.807) is 6.07 Å². The summed E-state index contributed by atoms with van der Waals surface area (Å²) < 4.78 is 7.00. The predicted octanol–water partition coefficient (Wildman–Crippen LogP) is 4.67. The molecule has 6 heteroatoms. The standard InChI is InChI=1S/C23H32BrN3O2/c1-26(2)15-14-25-23(28)22-13-12-21(29-22)17-27(20-6-4-3-5-7-20)16-18-8-10-19(24)11-9-18/h8-13,20H,3-7,14-17H2,1-2H3,(H,25,28). The van der Waals surface area contributed by atoms with E-state index in [0.717, 1.165) is 29.9 Å². The lowest BCUT2D eigenvalue weighted by Crippen LogP contribution is -2.35. The monoisotopic (exact) mass is 461 g/mol. The van der Waals surface area contributed by atoms with Crippen molar-refractivity contribution in [3.63, 3.8) is 0 Å². The predicted molar refractivity (Wildman–Crippen MR) is 120 cm³/mol. The first-order chi connectivity index (χ1) is 14.0. The number of hydrogen-bond donors (Lipinski definition) is 1. The van der Waals surface area contributed by atoms with E-state index in [-0.39, 0.29) is 5.91 Å². The van der Waals surface area contributed by atoms with Crippen LogP contribution in [0.25, 0.3) is 0 Å². The van der Waals surface area contributed by atoms with Gasteiger partial charge in [0, 0.05) is 30.1 Å². The summed E-state index contributed by atoms with van der Waals surface area (Å²) in [5.41, 5.74) is 1.30. The lowest BCUT2D eigenvalue weighted by atomic mass is 9.93. The van der Waals surface area contributed by atoms with Gasteiger partial charge in [0.25, 0.3) is 5.91 Å². The number of nitrogens with zero attached hydrogens (tertiary/aromatic N) is 2. The molecule has 0 saturated heterocycles. The molecule has 0 aliphatic heterocycles. The third kappa shape index (κ3) is 6.98. The molecule has 29 heavy (non-hydrogen) atoms. The summed E-state index contributed by atoms with van der Waals surface area (Å²) in [4.78, 5) is 16.9. The van der Waals surface area contributed by atoms with Gasteiger partial charge in [-0.05, 0) is 56.8 Å². The Morgan fingerprint density at radius 1 is 1.07 bits per heavy atom. The van der Waals surface area contributed by atoms with Gasteiger partial charge in [0.15, 0.2) is 5.76 Å². The van der Waals surface area contributed by atoms with Crippen molar-refractivity contribution >= 4 is 21.8 Å². The molecule has 1 amide bonds. The first kappa shape index (κ1) is 22.1. The molecule has 1 fully saturated rings. The molecular formula is C23H32BrN3O2. The number of nitrogens with one attached hydrogen (secondary N) is 1. The van der Waals surface area contributed by atoms with Gasteiger partial charge in [0.1, 0.15) is 5.76 Å². The van der Waals surface area contributed by atoms with E-state index in [4.69, 9.17) is 4.42 Å². The molecule has 5 nitrogen and oxygen atoms in total. The van der Waals surface area contributed by atoms with Gasteiger partial charge in [0.05, 0.1) is 6.54 Å². The second kappa shape index (κ2) is 11.0. The van der Waals surface area contributed by atoms with Crippen LogP contribution in [-0.2, 0) is 13.1 Å². The molecule has 0 atom stereocenters. The number of rotatable bonds is 9. The van der Waals surface area contributed by atoms with Gasteiger partial charge in [-0.15, -0.1) is 0 Å². The zero-order valence-corrected chi connectivity index (χ0v) is 19.1. The average molecular weight is 462 g/mol. The smallest absolute Gasteiger partial charge is 0.287 e. The summed E-state index contributed by atoms with van der Waals surface area (Å²) in [5.74, 6) is 1.10. The number of halogens is 1. The van der Waals surface area contributed by atoms with E-state index in [1.165, 1.54) is 37.7 Å². The van der Waals surface area contributed by atoms with Crippen molar-refractivity contribution in [2.75, 3.05) is 27.2 Å². The summed E-state index contributed by atoms with van der Waals surface area (Å²) in [6.45, 7) is 3.04. The van der Waals surface area contributed by atoms with Crippen LogP contribution in [0.4, 0.5) is 0 Å². The van der Waals surface area contributed by atoms with Crippen LogP contribution < -0.4 is 5.32 Å². The highest BCUT2D eigenvalue weighted by Crippen LogP contribution is 2.26. The Labute approximate surface area is 182 Å². The van der Waals surface area contributed by atoms with Gasteiger partial charge in [-0.2, -0.15) is 0 Å². The second-order valence-electron chi connectivity index (χ2n) is 8.15. The Balaban J connectivity index is 1.64. The third-order valence-electron chi connectivity index (χ3n) is 5.48. The van der Waals surface area contributed by atoms with Crippen LogP contribution in [0.1, 0.15) is 54.0 Å². The number of carbonyl (C=O) groups excluding carboxylic acids is 1. The van der Waals surface area contributed by atoms with E-state index >= 15 is 0 Å². The molecular weight excluding hydrogens is 430 g/mol. The van der Waals surface area contributed by atoms with Crippen molar-refractivity contribution in [3.05, 3.63) is 58.0 Å². The molecule has 0 spiro atoms. The van der Waals surface area contributed by atoms with Crippen LogP contribution >= 0.6 is 15.9 Å². The second-order valence-corrected chi connectivity index (χ2v) is 9.06. The van der Waals surface area contributed by atoms with E-state index in [9.17, 15) is 4.79 Å². The Morgan fingerprint density at radius 3 is 2.48 bits per heavy atom. The molecule has 2 aromatic rings. The summed E-state index contributed by atoms with van der Waals surface area (Å²) >= 11 is 3.51. The lowest BCUT2D eigenvalue weighted by Gasteiger charge is -2.34. The molecule has 0 radical (unpaired) electrons. The van der Waals surface area contributed by atoms with E-state index in [2.05, 4.69) is 50.4 Å². The summed E-state index contributed by atoms with van der Waals surface area (Å²) in [7, 11) is 3.98. The minimum Gasteiger partial charge on any atom is -0.455 e. The Hall–Kier alpha value is -1.63. The Morgan fingerprint density at radius 2 is 1.79 bits per heavy atom. The zero-order valence-electron chi connectivity index (χ0n) is 17.5. The average Bonchev–Trinajstić information content (AvgIpc) is 3.18. The minimum atomic E-state index is -0.143. The fraction of sp³-hybridized carbons (Fsp3) is 0.522. The lowest BCUT2D eigenvalue weighted by molar-refractivity contribution is 0.0913. The van der Waals surface area contributed by atoms with Crippen LogP contribution in [0.15, 0.2) is 45.3 Å². The van der Waals surface area contributed by atoms with Gasteiger partial charge in [-0.25, -0.2) is 0 Å². The molecule has 158 valence electrons. The molecule has 1 heterocycles. The first-order valence-corrected chi connectivity index (χ1v) is 11.3. The van der Waals surface area contributed by atoms with Crippen LogP contribution in [0.3, 0.4) is 0 Å². The number of hydrogen-bond acceptors (Lipinski definition) is 4. The highest BCUT2D eigenvalue weighted by atomic mass is 79.9. The molecule has 1 aromatic heterocycles. The van der Waals surface area contributed by atoms with Gasteiger partial charge < -0.3 is 14.6 Å². The topological polar surface area (TPSA) is 48.7 Å². The number of carbonyl (C=O) groups is 1. The van der Waals surface area contributed by atoms with Crippen molar-refractivity contribution in [2.45, 2.75) is 51.2 Å². The van der Waals surface area contributed by atoms with Crippen molar-refractivity contribution in [1.29, 1.82) is 0 Å². The maximum Gasteiger partial charge on any atom is 0.287 e. The highest BCUT2D eigenvalue weighted by Gasteiger charge is 2.23. The minimum absolute atomic E-state index is 0.143. The highest BCUT2D eigenvalue weighted by molar-refractivity contribution is 9.10. The number of likely N-dealkylation sites (N-methyl/N-ethyl adjacent to an activating group) is 1. The first-order valence-electron chi connectivity index (χ1n) is 10.5.